The number of carbonyl (C=O) groups is 4. The van der Waals surface area contributed by atoms with Crippen molar-refractivity contribution in [1.29, 1.82) is 0 Å². The standard InChI is InChI=1S/C58H76ClN9O8S2/c1-35(2)76-48-30-43(37(5)28-46(48)64-57-61-32-44(59)54(66-57)63-45-16-14-15-17-49(45)78(74,75)36(3)4)40-24-26-67(27-25-40)51(71)19-13-11-10-12-18-50(70)65-53(58(7,8)9)56(73)68-33-42(69)29-47(68)55(72)60-31-39-20-22-41(23-21-39)52-38(6)62-34-77-52/h14-17,20-23,28,30,32,34-36,40,42,47,53,69H,10-13,18-19,24-27,29,31,33H2,1-9H3,(H,60,72)(H,65,70)(H2,61,63,64,66)/t42-,47+,53-/m1/s1. The van der Waals surface area contributed by atoms with E-state index < -0.39 is 44.6 Å². The number of likely N-dealkylation sites (tertiary alicyclic amines) is 2. The quantitative estimate of drug-likeness (QED) is 0.0407. The monoisotopic (exact) mass is 1130 g/mol. The predicted molar refractivity (Wildman–Crippen MR) is 307 cm³/mol. The first-order chi connectivity index (χ1) is 37.0. The Morgan fingerprint density at radius 1 is 0.897 bits per heavy atom. The zero-order chi connectivity index (χ0) is 56.5. The van der Waals surface area contributed by atoms with Crippen LogP contribution in [-0.2, 0) is 35.6 Å². The maximum Gasteiger partial charge on any atom is 0.246 e. The second-order valence-electron chi connectivity index (χ2n) is 22.1. The highest BCUT2D eigenvalue weighted by molar-refractivity contribution is 7.92. The lowest BCUT2D eigenvalue weighted by Crippen LogP contribution is -2.57. The summed E-state index contributed by atoms with van der Waals surface area (Å²) >= 11 is 8.10. The summed E-state index contributed by atoms with van der Waals surface area (Å²) in [6.45, 7) is 18.3. The van der Waals surface area contributed by atoms with Crippen LogP contribution in [0.25, 0.3) is 10.4 Å². The largest absolute Gasteiger partial charge is 0.489 e. The van der Waals surface area contributed by atoms with Gasteiger partial charge in [0.2, 0.25) is 29.6 Å². The number of aliphatic hydroxyl groups is 1. The van der Waals surface area contributed by atoms with Gasteiger partial charge < -0.3 is 40.9 Å². The maximum absolute atomic E-state index is 14.1. The summed E-state index contributed by atoms with van der Waals surface area (Å²) in [6.07, 6.45) is 5.62. The van der Waals surface area contributed by atoms with Crippen molar-refractivity contribution in [2.24, 2.45) is 5.41 Å². The number of para-hydroxylation sites is 1. The third-order valence-corrected chi connectivity index (χ3v) is 17.8. The van der Waals surface area contributed by atoms with E-state index in [0.29, 0.717) is 49.5 Å². The number of hydrogen-bond donors (Lipinski definition) is 5. The van der Waals surface area contributed by atoms with Crippen molar-refractivity contribution in [3.63, 3.8) is 0 Å². The minimum Gasteiger partial charge on any atom is -0.489 e. The first kappa shape index (κ1) is 59.5. The number of anilines is 4. The van der Waals surface area contributed by atoms with Crippen LogP contribution >= 0.6 is 22.9 Å². The van der Waals surface area contributed by atoms with E-state index in [2.05, 4.69) is 49.2 Å². The van der Waals surface area contributed by atoms with Gasteiger partial charge in [-0.3, -0.25) is 19.2 Å². The van der Waals surface area contributed by atoms with E-state index in [9.17, 15) is 32.7 Å². The third-order valence-electron chi connectivity index (χ3n) is 14.3. The first-order valence-electron chi connectivity index (χ1n) is 27.0. The van der Waals surface area contributed by atoms with Gasteiger partial charge in [-0.25, -0.2) is 18.4 Å². The Hall–Kier alpha value is -6.15. The van der Waals surface area contributed by atoms with Crippen molar-refractivity contribution in [2.75, 3.05) is 30.3 Å². The van der Waals surface area contributed by atoms with Crippen LogP contribution in [0.1, 0.15) is 135 Å². The van der Waals surface area contributed by atoms with E-state index >= 15 is 0 Å². The lowest BCUT2D eigenvalue weighted by atomic mass is 9.85. The molecule has 0 bridgehead atoms. The molecule has 0 saturated carbocycles. The first-order valence-corrected chi connectivity index (χ1v) is 29.8. The predicted octanol–water partition coefficient (Wildman–Crippen LogP) is 10.2. The number of piperidine rings is 1. The van der Waals surface area contributed by atoms with Crippen LogP contribution in [0.5, 0.6) is 5.75 Å². The minimum atomic E-state index is -3.60. The van der Waals surface area contributed by atoms with Crippen LogP contribution in [0.2, 0.25) is 5.02 Å². The molecule has 4 amide bonds. The number of sulfone groups is 1. The van der Waals surface area contributed by atoms with E-state index in [4.69, 9.17) is 16.3 Å². The molecule has 2 saturated heterocycles. The molecule has 2 fully saturated rings. The average Bonchev–Trinajstić information content (AvgIpc) is 4.02. The molecule has 3 aromatic carbocycles. The Kier molecular flexibility index (Phi) is 20.0. The summed E-state index contributed by atoms with van der Waals surface area (Å²) in [6, 6.07) is 16.8. The summed E-state index contributed by atoms with van der Waals surface area (Å²) in [5.41, 5.74) is 7.26. The van der Waals surface area contributed by atoms with Crippen molar-refractivity contribution in [1.82, 2.24) is 35.4 Å². The van der Waals surface area contributed by atoms with E-state index in [-0.39, 0.29) is 77.4 Å². The Balaban J connectivity index is 0.853. The van der Waals surface area contributed by atoms with Crippen LogP contribution in [0.15, 0.2) is 77.3 Å². The number of thiazole rings is 1. The molecule has 4 heterocycles. The number of benzene rings is 3. The summed E-state index contributed by atoms with van der Waals surface area (Å²) in [4.78, 5) is 72.3. The number of β-amino-alcohol motifs (C(OH)–C–C–N with tert-alkyl or cyclic N) is 1. The molecule has 0 unspecified atom stereocenters. The van der Waals surface area contributed by atoms with E-state index in [1.807, 2.05) is 82.3 Å². The molecule has 78 heavy (non-hydrogen) atoms. The number of aryl methyl sites for hydroxylation is 2. The van der Waals surface area contributed by atoms with Gasteiger partial charge in [0.1, 0.15) is 22.9 Å². The Labute approximate surface area is 468 Å². The van der Waals surface area contributed by atoms with Crippen LogP contribution < -0.4 is 26.0 Å². The zero-order valence-corrected chi connectivity index (χ0v) is 48.7. The number of nitrogens with one attached hydrogen (secondary N) is 4. The second kappa shape index (κ2) is 26.2. The van der Waals surface area contributed by atoms with Crippen molar-refractivity contribution < 1.29 is 37.4 Å². The topological polar surface area (TPSA) is 225 Å². The normalized spacial score (nSPS) is 16.6. The fourth-order valence-corrected chi connectivity index (χ4v) is 12.1. The molecule has 2 aliphatic heterocycles. The Bertz CT molecular complexity index is 3030. The highest BCUT2D eigenvalue weighted by Crippen LogP contribution is 2.39. The van der Waals surface area contributed by atoms with Gasteiger partial charge in [0.15, 0.2) is 15.7 Å². The minimum absolute atomic E-state index is 0.000236. The fraction of sp³-hybridized carbons (Fsp3) is 0.500. The highest BCUT2D eigenvalue weighted by Gasteiger charge is 2.44. The van der Waals surface area contributed by atoms with Crippen molar-refractivity contribution in [3.8, 4) is 16.2 Å². The molecule has 3 atom stereocenters. The number of ether oxygens (including phenoxy) is 1. The number of rotatable bonds is 22. The molecule has 420 valence electrons. The van der Waals surface area contributed by atoms with E-state index in [0.717, 1.165) is 58.5 Å². The Morgan fingerprint density at radius 2 is 1.59 bits per heavy atom. The Morgan fingerprint density at radius 3 is 2.24 bits per heavy atom. The molecule has 2 aliphatic rings. The van der Waals surface area contributed by atoms with Gasteiger partial charge in [0, 0.05) is 45.4 Å². The summed E-state index contributed by atoms with van der Waals surface area (Å²) in [5.74, 6) is 0.411. The average molecular weight is 1130 g/mol. The molecule has 20 heteroatoms. The number of hydrogen-bond acceptors (Lipinski definition) is 14. The molecule has 0 spiro atoms. The highest BCUT2D eigenvalue weighted by atomic mass is 35.5. The number of unbranched alkanes of at least 4 members (excludes halogenated alkanes) is 3. The summed E-state index contributed by atoms with van der Waals surface area (Å²) in [5, 5.41) is 22.5. The molecule has 0 radical (unpaired) electrons. The molecule has 0 aliphatic carbocycles. The molecule has 7 rings (SSSR count). The second-order valence-corrected chi connectivity index (χ2v) is 25.8. The number of carbonyl (C=O) groups excluding carboxylic acids is 4. The van der Waals surface area contributed by atoms with Crippen molar-refractivity contribution in [2.45, 2.75) is 167 Å². The molecule has 17 nitrogen and oxygen atoms in total. The number of aromatic nitrogens is 3. The SMILES string of the molecule is Cc1cc(Nc2ncc(Cl)c(Nc3ccccc3S(=O)(=O)C(C)C)n2)c(OC(C)C)cc1C1CCN(C(=O)CCCCCCC(=O)N[C@H](C(=O)N2C[C@H](O)C[C@H]2C(=O)NCc2ccc(-c3scnc3C)cc2)C(C)(C)C)CC1. The van der Waals surface area contributed by atoms with Crippen LogP contribution in [-0.4, -0.2) is 111 Å². The zero-order valence-electron chi connectivity index (χ0n) is 46.3. The van der Waals surface area contributed by atoms with E-state index in [1.165, 1.54) is 11.1 Å². The lowest BCUT2D eigenvalue weighted by Gasteiger charge is -2.35. The van der Waals surface area contributed by atoms with Crippen molar-refractivity contribution in [3.05, 3.63) is 99.8 Å². The maximum atomic E-state index is 14.1. The van der Waals surface area contributed by atoms with Gasteiger partial charge >= 0.3 is 0 Å². The summed E-state index contributed by atoms with van der Waals surface area (Å²) < 4.78 is 32.6. The van der Waals surface area contributed by atoms with E-state index in [1.54, 1.807) is 49.4 Å². The number of halogens is 1. The van der Waals surface area contributed by atoms with Gasteiger partial charge in [0.25, 0.3) is 0 Å². The van der Waals surface area contributed by atoms with Crippen LogP contribution in [0.3, 0.4) is 0 Å². The molecular formula is C58H76ClN9O8S2. The van der Waals surface area contributed by atoms with Gasteiger partial charge in [-0.05, 0) is 125 Å². The fourth-order valence-electron chi connectivity index (χ4n) is 9.95. The van der Waals surface area contributed by atoms with Crippen molar-refractivity contribution >= 4 is 79.5 Å². The number of aliphatic hydroxyl groups excluding tert-OH is 1. The summed E-state index contributed by atoms with van der Waals surface area (Å²) in [7, 11) is -3.60. The van der Waals surface area contributed by atoms with Gasteiger partial charge in [0.05, 0.1) is 56.0 Å². The van der Waals surface area contributed by atoms with Gasteiger partial charge in [-0.15, -0.1) is 11.3 Å². The van der Waals surface area contributed by atoms with Gasteiger partial charge in [-0.1, -0.05) is 81.6 Å². The van der Waals surface area contributed by atoms with Crippen LogP contribution in [0, 0.1) is 19.3 Å². The molecular weight excluding hydrogens is 1050 g/mol. The van der Waals surface area contributed by atoms with Crippen LogP contribution in [0.4, 0.5) is 23.1 Å². The molecule has 5 N–H and O–H groups in total. The molecule has 5 aromatic rings. The molecule has 2 aromatic heterocycles. The lowest BCUT2D eigenvalue weighted by molar-refractivity contribution is -0.144. The number of amides is 4. The smallest absolute Gasteiger partial charge is 0.246 e. The third kappa shape index (κ3) is 15.1. The number of nitrogens with zero attached hydrogens (tertiary/aromatic N) is 5. The van der Waals surface area contributed by atoms with Gasteiger partial charge in [-0.2, -0.15) is 4.98 Å².